The van der Waals surface area contributed by atoms with E-state index in [9.17, 15) is 5.11 Å². The van der Waals surface area contributed by atoms with Crippen molar-refractivity contribution in [2.24, 2.45) is 0 Å². The fraction of sp³-hybridized carbons (Fsp3) is 0.400. The van der Waals surface area contributed by atoms with Gasteiger partial charge in [-0.25, -0.2) is 0 Å². The lowest BCUT2D eigenvalue weighted by molar-refractivity contribution is 0.217. The van der Waals surface area contributed by atoms with Crippen molar-refractivity contribution in [3.05, 3.63) is 68.8 Å². The van der Waals surface area contributed by atoms with Crippen molar-refractivity contribution < 1.29 is 5.11 Å². The molecule has 0 aromatic heterocycles. The third kappa shape index (κ3) is 2.63. The predicted molar refractivity (Wildman–Crippen MR) is 90.0 cm³/mol. The molecule has 21 heavy (non-hydrogen) atoms. The van der Waals surface area contributed by atoms with Crippen molar-refractivity contribution in [1.82, 2.24) is 0 Å². The van der Waals surface area contributed by atoms with E-state index in [1.807, 2.05) is 18.2 Å². The molecule has 0 spiro atoms. The molecule has 0 saturated heterocycles. The number of aliphatic hydroxyl groups is 1. The first-order chi connectivity index (χ1) is 9.90. The Morgan fingerprint density at radius 3 is 1.81 bits per heavy atom. The van der Waals surface area contributed by atoms with Gasteiger partial charge in [0.15, 0.2) is 0 Å². The molecular formula is C20H26O. The summed E-state index contributed by atoms with van der Waals surface area (Å²) in [6, 6.07) is 8.21. The van der Waals surface area contributed by atoms with Gasteiger partial charge in [0.25, 0.3) is 0 Å². The Morgan fingerprint density at radius 1 is 0.810 bits per heavy atom. The maximum Gasteiger partial charge on any atom is 0.105 e. The second-order valence-electron chi connectivity index (χ2n) is 5.99. The van der Waals surface area contributed by atoms with Gasteiger partial charge in [-0.15, -0.1) is 0 Å². The molecule has 0 aliphatic carbocycles. The van der Waals surface area contributed by atoms with Crippen LogP contribution in [0, 0.1) is 34.6 Å². The van der Waals surface area contributed by atoms with Gasteiger partial charge in [-0.05, 0) is 85.5 Å². The number of rotatable bonds is 3. The van der Waals surface area contributed by atoms with Crippen LogP contribution < -0.4 is 0 Å². The minimum atomic E-state index is -0.542. The van der Waals surface area contributed by atoms with E-state index in [-0.39, 0.29) is 0 Å². The van der Waals surface area contributed by atoms with Gasteiger partial charge in [0.1, 0.15) is 6.10 Å². The summed E-state index contributed by atoms with van der Waals surface area (Å²) in [6.07, 6.45) is 0.397. The molecule has 1 nitrogen and oxygen atoms in total. The summed E-state index contributed by atoms with van der Waals surface area (Å²) in [7, 11) is 0. The van der Waals surface area contributed by atoms with Gasteiger partial charge in [-0.2, -0.15) is 0 Å². The fourth-order valence-corrected chi connectivity index (χ4v) is 3.22. The molecule has 1 unspecified atom stereocenters. The van der Waals surface area contributed by atoms with Crippen LogP contribution in [-0.4, -0.2) is 5.11 Å². The van der Waals surface area contributed by atoms with Gasteiger partial charge in [0.2, 0.25) is 0 Å². The average Bonchev–Trinajstić information content (AvgIpc) is 2.51. The van der Waals surface area contributed by atoms with Crippen LogP contribution in [0.3, 0.4) is 0 Å². The van der Waals surface area contributed by atoms with E-state index in [1.165, 1.54) is 33.4 Å². The Labute approximate surface area is 128 Å². The summed E-state index contributed by atoms with van der Waals surface area (Å²) in [5.74, 6) is 0. The lowest BCUT2D eigenvalue weighted by Gasteiger charge is -2.24. The quantitative estimate of drug-likeness (QED) is 0.851. The predicted octanol–water partition coefficient (Wildman–Crippen LogP) is 4.87. The van der Waals surface area contributed by atoms with Crippen molar-refractivity contribution >= 4 is 0 Å². The third-order valence-corrected chi connectivity index (χ3v) is 5.06. The molecule has 0 bridgehead atoms. The highest BCUT2D eigenvalue weighted by atomic mass is 16.3. The van der Waals surface area contributed by atoms with E-state index < -0.39 is 6.10 Å². The van der Waals surface area contributed by atoms with Crippen LogP contribution in [0.2, 0.25) is 0 Å². The first-order valence-corrected chi connectivity index (χ1v) is 7.72. The average molecular weight is 282 g/mol. The van der Waals surface area contributed by atoms with Crippen LogP contribution >= 0.6 is 0 Å². The Kier molecular flexibility index (Phi) is 4.53. The highest BCUT2D eigenvalue weighted by Crippen LogP contribution is 2.34. The molecule has 2 rings (SSSR count). The highest BCUT2D eigenvalue weighted by molar-refractivity contribution is 5.53. The number of aryl methyl sites for hydroxylation is 1. The van der Waals surface area contributed by atoms with Crippen molar-refractivity contribution in [3.8, 4) is 0 Å². The van der Waals surface area contributed by atoms with E-state index in [2.05, 4.69) is 47.6 Å². The largest absolute Gasteiger partial charge is 0.384 e. The van der Waals surface area contributed by atoms with Gasteiger partial charge >= 0.3 is 0 Å². The Morgan fingerprint density at radius 2 is 1.29 bits per heavy atom. The zero-order chi connectivity index (χ0) is 15.7. The zero-order valence-corrected chi connectivity index (χ0v) is 14.0. The molecule has 2 aromatic rings. The first kappa shape index (κ1) is 15.8. The zero-order valence-electron chi connectivity index (χ0n) is 14.0. The van der Waals surface area contributed by atoms with Gasteiger partial charge in [0.05, 0.1) is 0 Å². The van der Waals surface area contributed by atoms with Crippen LogP contribution in [-0.2, 0) is 6.42 Å². The molecular weight excluding hydrogens is 256 g/mol. The topological polar surface area (TPSA) is 20.2 Å². The van der Waals surface area contributed by atoms with Crippen LogP contribution in [0.1, 0.15) is 57.5 Å². The summed E-state index contributed by atoms with van der Waals surface area (Å²) in [5.41, 5.74) is 9.69. The lowest BCUT2D eigenvalue weighted by Crippen LogP contribution is -2.10. The molecule has 112 valence electrons. The summed E-state index contributed by atoms with van der Waals surface area (Å²) in [6.45, 7) is 12.9. The minimum absolute atomic E-state index is 0.542. The lowest BCUT2D eigenvalue weighted by atomic mass is 9.84. The Bertz CT molecular complexity index is 639. The van der Waals surface area contributed by atoms with Crippen LogP contribution in [0.4, 0.5) is 0 Å². The van der Waals surface area contributed by atoms with Crippen molar-refractivity contribution in [2.75, 3.05) is 0 Å². The summed E-state index contributed by atoms with van der Waals surface area (Å²) < 4.78 is 0. The summed E-state index contributed by atoms with van der Waals surface area (Å²) in [4.78, 5) is 0. The summed E-state index contributed by atoms with van der Waals surface area (Å²) in [5, 5.41) is 11.0. The van der Waals surface area contributed by atoms with Crippen molar-refractivity contribution in [3.63, 3.8) is 0 Å². The van der Waals surface area contributed by atoms with E-state index >= 15 is 0 Å². The number of hydrogen-bond acceptors (Lipinski definition) is 1. The van der Waals surface area contributed by atoms with Crippen molar-refractivity contribution in [2.45, 2.75) is 54.1 Å². The van der Waals surface area contributed by atoms with Crippen LogP contribution in [0.5, 0.6) is 0 Å². The van der Waals surface area contributed by atoms with E-state index in [0.717, 1.165) is 17.5 Å². The highest BCUT2D eigenvalue weighted by Gasteiger charge is 2.21. The molecule has 2 aromatic carbocycles. The van der Waals surface area contributed by atoms with E-state index in [0.29, 0.717) is 0 Å². The SMILES string of the molecule is CCc1ccccc1C(O)c1c(C)c(C)c(C)c(C)c1C. The molecule has 0 fully saturated rings. The molecule has 0 aliphatic rings. The normalized spacial score (nSPS) is 12.5. The van der Waals surface area contributed by atoms with Crippen molar-refractivity contribution in [1.29, 1.82) is 0 Å². The molecule has 0 heterocycles. The van der Waals surface area contributed by atoms with E-state index in [1.54, 1.807) is 0 Å². The van der Waals surface area contributed by atoms with Crippen LogP contribution in [0.25, 0.3) is 0 Å². The summed E-state index contributed by atoms with van der Waals surface area (Å²) >= 11 is 0. The molecule has 1 N–H and O–H groups in total. The smallest absolute Gasteiger partial charge is 0.105 e. The van der Waals surface area contributed by atoms with Gasteiger partial charge in [-0.3, -0.25) is 0 Å². The number of hydrogen-bond donors (Lipinski definition) is 1. The third-order valence-electron chi connectivity index (χ3n) is 5.06. The molecule has 0 radical (unpaired) electrons. The Balaban J connectivity index is 2.67. The van der Waals surface area contributed by atoms with E-state index in [4.69, 9.17) is 0 Å². The molecule has 0 saturated carbocycles. The molecule has 1 atom stereocenters. The standard InChI is InChI=1S/C20H26O/c1-7-17-10-8-9-11-18(17)20(21)19-15(5)13(3)12(2)14(4)16(19)6/h8-11,20-21H,7H2,1-6H3. The van der Waals surface area contributed by atoms with Gasteiger partial charge in [0, 0.05) is 0 Å². The number of benzene rings is 2. The monoisotopic (exact) mass is 282 g/mol. The van der Waals surface area contributed by atoms with Gasteiger partial charge < -0.3 is 5.11 Å². The minimum Gasteiger partial charge on any atom is -0.384 e. The second-order valence-corrected chi connectivity index (χ2v) is 5.99. The molecule has 0 amide bonds. The maximum absolute atomic E-state index is 11.0. The molecule has 1 heteroatoms. The van der Waals surface area contributed by atoms with Gasteiger partial charge in [-0.1, -0.05) is 31.2 Å². The van der Waals surface area contributed by atoms with Crippen LogP contribution in [0.15, 0.2) is 24.3 Å². The second kappa shape index (κ2) is 6.03. The number of aliphatic hydroxyl groups excluding tert-OH is 1. The molecule has 0 aliphatic heterocycles. The maximum atomic E-state index is 11.0. The fourth-order valence-electron chi connectivity index (χ4n) is 3.22. The Hall–Kier alpha value is -1.60. The first-order valence-electron chi connectivity index (χ1n) is 7.72.